The van der Waals surface area contributed by atoms with Gasteiger partial charge in [-0.2, -0.15) is 0 Å². The Bertz CT molecular complexity index is 481. The van der Waals surface area contributed by atoms with E-state index in [1.54, 1.807) is 0 Å². The highest BCUT2D eigenvalue weighted by Gasteiger charge is 2.25. The fraction of sp³-hybridized carbons (Fsp3) is 0.588. The first kappa shape index (κ1) is 16.3. The average molecular weight is 309 g/mol. The zero-order chi connectivity index (χ0) is 15.4. The number of benzene rings is 1. The predicted octanol–water partition coefficient (Wildman–Crippen LogP) is 3.64. The summed E-state index contributed by atoms with van der Waals surface area (Å²) in [4.78, 5) is 14.0. The van der Waals surface area contributed by atoms with Crippen molar-refractivity contribution in [2.24, 2.45) is 5.92 Å². The van der Waals surface area contributed by atoms with Crippen molar-refractivity contribution in [2.75, 3.05) is 13.1 Å². The molecular weight excluding hydrogens is 284 g/mol. The zero-order valence-corrected chi connectivity index (χ0v) is 13.9. The van der Waals surface area contributed by atoms with Gasteiger partial charge in [0.1, 0.15) is 0 Å². The number of carbonyl (C=O) groups excluding carboxylic acids is 1. The summed E-state index contributed by atoms with van der Waals surface area (Å²) in [7, 11) is 0. The van der Waals surface area contributed by atoms with E-state index in [1.807, 2.05) is 36.9 Å². The minimum absolute atomic E-state index is 0.0971. The Hall–Kier alpha value is -1.06. The predicted molar refractivity (Wildman–Crippen MR) is 87.4 cm³/mol. The van der Waals surface area contributed by atoms with Crippen molar-refractivity contribution in [3.05, 3.63) is 34.9 Å². The fourth-order valence-corrected chi connectivity index (χ4v) is 3.06. The van der Waals surface area contributed by atoms with Gasteiger partial charge in [-0.05, 0) is 37.5 Å². The van der Waals surface area contributed by atoms with Crippen LogP contribution in [0.15, 0.2) is 24.3 Å². The van der Waals surface area contributed by atoms with Gasteiger partial charge in [-0.3, -0.25) is 4.79 Å². The van der Waals surface area contributed by atoms with E-state index in [2.05, 4.69) is 18.3 Å². The maximum absolute atomic E-state index is 12.0. The summed E-state index contributed by atoms with van der Waals surface area (Å²) in [6, 6.07) is 8.74. The van der Waals surface area contributed by atoms with E-state index < -0.39 is 0 Å². The SMILES string of the molecule is CC(C)C(=O)N1CCC(NC(C)c2cccc(Cl)c2)CC1. The van der Waals surface area contributed by atoms with Crippen LogP contribution in [-0.2, 0) is 4.79 Å². The van der Waals surface area contributed by atoms with Gasteiger partial charge in [0.25, 0.3) is 0 Å². The molecule has 1 fully saturated rings. The molecule has 1 unspecified atom stereocenters. The fourth-order valence-electron chi connectivity index (χ4n) is 2.86. The molecule has 0 aliphatic carbocycles. The molecule has 0 saturated carbocycles. The van der Waals surface area contributed by atoms with E-state index in [9.17, 15) is 4.79 Å². The van der Waals surface area contributed by atoms with Crippen molar-refractivity contribution >= 4 is 17.5 Å². The molecule has 4 heteroatoms. The molecule has 1 heterocycles. The van der Waals surface area contributed by atoms with Gasteiger partial charge in [0.15, 0.2) is 0 Å². The standard InChI is InChI=1S/C17H25ClN2O/c1-12(2)17(21)20-9-7-16(8-10-20)19-13(3)14-5-4-6-15(18)11-14/h4-6,11-13,16,19H,7-10H2,1-3H3. The Morgan fingerprint density at radius 2 is 1.95 bits per heavy atom. The van der Waals surface area contributed by atoms with Crippen molar-refractivity contribution in [3.8, 4) is 0 Å². The molecule has 1 aliphatic rings. The quantitative estimate of drug-likeness (QED) is 0.921. The van der Waals surface area contributed by atoms with Crippen molar-refractivity contribution in [2.45, 2.75) is 45.7 Å². The minimum Gasteiger partial charge on any atom is -0.342 e. The van der Waals surface area contributed by atoms with E-state index in [-0.39, 0.29) is 17.9 Å². The van der Waals surface area contributed by atoms with Crippen molar-refractivity contribution in [1.82, 2.24) is 10.2 Å². The highest BCUT2D eigenvalue weighted by molar-refractivity contribution is 6.30. The molecule has 1 aliphatic heterocycles. The van der Waals surface area contributed by atoms with Crippen LogP contribution in [-0.4, -0.2) is 29.9 Å². The zero-order valence-electron chi connectivity index (χ0n) is 13.1. The van der Waals surface area contributed by atoms with Crippen molar-refractivity contribution in [3.63, 3.8) is 0 Å². The largest absolute Gasteiger partial charge is 0.342 e. The number of hydrogen-bond donors (Lipinski definition) is 1. The lowest BCUT2D eigenvalue weighted by molar-refractivity contribution is -0.135. The van der Waals surface area contributed by atoms with Crippen molar-refractivity contribution < 1.29 is 4.79 Å². The number of nitrogens with zero attached hydrogens (tertiary/aromatic N) is 1. The monoisotopic (exact) mass is 308 g/mol. The Labute approximate surface area is 132 Å². The highest BCUT2D eigenvalue weighted by atomic mass is 35.5. The van der Waals surface area contributed by atoms with Gasteiger partial charge in [0, 0.05) is 36.1 Å². The summed E-state index contributed by atoms with van der Waals surface area (Å²) < 4.78 is 0. The summed E-state index contributed by atoms with van der Waals surface area (Å²) >= 11 is 6.04. The molecule has 2 rings (SSSR count). The van der Waals surface area contributed by atoms with Crippen molar-refractivity contribution in [1.29, 1.82) is 0 Å². The molecule has 0 bridgehead atoms. The number of halogens is 1. The molecule has 1 aromatic carbocycles. The maximum Gasteiger partial charge on any atom is 0.225 e. The molecule has 1 saturated heterocycles. The van der Waals surface area contributed by atoms with Crippen LogP contribution >= 0.6 is 11.6 Å². The molecule has 116 valence electrons. The number of carbonyl (C=O) groups is 1. The molecule has 1 atom stereocenters. The van der Waals surface area contributed by atoms with Gasteiger partial charge < -0.3 is 10.2 Å². The third kappa shape index (κ3) is 4.45. The van der Waals surface area contributed by atoms with Crippen LogP contribution < -0.4 is 5.32 Å². The summed E-state index contributed by atoms with van der Waals surface area (Å²) in [5, 5.41) is 4.43. The molecule has 3 nitrogen and oxygen atoms in total. The summed E-state index contributed by atoms with van der Waals surface area (Å²) in [5.41, 5.74) is 1.21. The summed E-state index contributed by atoms with van der Waals surface area (Å²) in [5.74, 6) is 0.372. The summed E-state index contributed by atoms with van der Waals surface area (Å²) in [6.45, 7) is 7.81. The number of likely N-dealkylation sites (tertiary alicyclic amines) is 1. The van der Waals surface area contributed by atoms with Crippen LogP contribution in [0.3, 0.4) is 0 Å². The number of hydrogen-bond acceptors (Lipinski definition) is 2. The van der Waals surface area contributed by atoms with Gasteiger partial charge in [-0.1, -0.05) is 37.6 Å². The van der Waals surface area contributed by atoms with Crippen LogP contribution in [0.5, 0.6) is 0 Å². The molecule has 0 radical (unpaired) electrons. The second-order valence-corrected chi connectivity index (χ2v) is 6.63. The smallest absolute Gasteiger partial charge is 0.225 e. The van der Waals surface area contributed by atoms with Gasteiger partial charge in [0.05, 0.1) is 0 Å². The van der Waals surface area contributed by atoms with Gasteiger partial charge in [0.2, 0.25) is 5.91 Å². The molecule has 21 heavy (non-hydrogen) atoms. The normalized spacial score (nSPS) is 18.0. The number of piperidine rings is 1. The lowest BCUT2D eigenvalue weighted by Crippen LogP contribution is -2.46. The molecule has 0 spiro atoms. The molecule has 1 aromatic rings. The molecule has 1 N–H and O–H groups in total. The first-order chi connectivity index (χ1) is 9.97. The third-order valence-electron chi connectivity index (χ3n) is 4.13. The lowest BCUT2D eigenvalue weighted by atomic mass is 10.0. The van der Waals surface area contributed by atoms with E-state index in [0.29, 0.717) is 6.04 Å². The van der Waals surface area contributed by atoms with Crippen LogP contribution in [0.4, 0.5) is 0 Å². The van der Waals surface area contributed by atoms with Crippen LogP contribution in [0.25, 0.3) is 0 Å². The topological polar surface area (TPSA) is 32.3 Å². The van der Waals surface area contributed by atoms with E-state index >= 15 is 0 Å². The number of amides is 1. The Balaban J connectivity index is 1.85. The second-order valence-electron chi connectivity index (χ2n) is 6.20. The maximum atomic E-state index is 12.0. The van der Waals surface area contributed by atoms with Crippen LogP contribution in [0.1, 0.15) is 45.2 Å². The minimum atomic E-state index is 0.0971. The van der Waals surface area contributed by atoms with E-state index in [1.165, 1.54) is 5.56 Å². The third-order valence-corrected chi connectivity index (χ3v) is 4.37. The number of rotatable bonds is 4. The molecule has 0 aromatic heterocycles. The van der Waals surface area contributed by atoms with E-state index in [0.717, 1.165) is 31.0 Å². The van der Waals surface area contributed by atoms with E-state index in [4.69, 9.17) is 11.6 Å². The molecular formula is C17H25ClN2O. The second kappa shape index (κ2) is 7.28. The Morgan fingerprint density at radius 1 is 1.29 bits per heavy atom. The summed E-state index contributed by atoms with van der Waals surface area (Å²) in [6.07, 6.45) is 2.03. The lowest BCUT2D eigenvalue weighted by Gasteiger charge is -2.35. The number of nitrogens with one attached hydrogen (secondary N) is 1. The van der Waals surface area contributed by atoms with Crippen LogP contribution in [0.2, 0.25) is 5.02 Å². The molecule has 1 amide bonds. The van der Waals surface area contributed by atoms with Gasteiger partial charge >= 0.3 is 0 Å². The average Bonchev–Trinajstić information content (AvgIpc) is 2.47. The van der Waals surface area contributed by atoms with Crippen LogP contribution in [0, 0.1) is 5.92 Å². The van der Waals surface area contributed by atoms with Gasteiger partial charge in [-0.15, -0.1) is 0 Å². The Kier molecular flexibility index (Phi) is 5.65. The Morgan fingerprint density at radius 3 is 2.52 bits per heavy atom. The first-order valence-corrected chi connectivity index (χ1v) is 8.15. The van der Waals surface area contributed by atoms with Gasteiger partial charge in [-0.25, -0.2) is 0 Å². The first-order valence-electron chi connectivity index (χ1n) is 7.77. The highest BCUT2D eigenvalue weighted by Crippen LogP contribution is 2.20.